The van der Waals surface area contributed by atoms with Crippen LogP contribution in [-0.2, 0) is 4.79 Å². The molecule has 0 unspecified atom stereocenters. The van der Waals surface area contributed by atoms with Gasteiger partial charge in [-0.05, 0) is 62.7 Å². The van der Waals surface area contributed by atoms with Gasteiger partial charge in [-0.25, -0.2) is 4.98 Å². The van der Waals surface area contributed by atoms with Crippen LogP contribution in [0, 0.1) is 11.8 Å². The summed E-state index contributed by atoms with van der Waals surface area (Å²) in [6, 6.07) is 7.73. The minimum absolute atomic E-state index is 0.122. The van der Waals surface area contributed by atoms with Crippen molar-refractivity contribution in [3.05, 3.63) is 30.2 Å². The topological polar surface area (TPSA) is 107 Å². The van der Waals surface area contributed by atoms with Crippen molar-refractivity contribution >= 4 is 23.5 Å². The molecule has 0 spiro atoms. The highest BCUT2D eigenvalue weighted by atomic mass is 16.4. The summed E-state index contributed by atoms with van der Waals surface area (Å²) in [5.41, 5.74) is 1.37. The zero-order valence-corrected chi connectivity index (χ0v) is 16.3. The molecular weight excluding hydrogens is 374 g/mol. The Hall–Kier alpha value is -2.45. The van der Waals surface area contributed by atoms with Crippen molar-refractivity contribution in [2.24, 2.45) is 11.8 Å². The lowest BCUT2D eigenvalue weighted by Gasteiger charge is -2.40. The average molecular weight is 401 g/mol. The lowest BCUT2D eigenvalue weighted by molar-refractivity contribution is -0.122. The number of fused-ring (bicyclic) bond motifs is 2. The third-order valence-electron chi connectivity index (χ3n) is 6.48. The van der Waals surface area contributed by atoms with Crippen LogP contribution in [0.4, 0.5) is 0 Å². The number of hydrogen-bond acceptors (Lipinski definition) is 6. The van der Waals surface area contributed by atoms with E-state index in [1.807, 2.05) is 29.2 Å². The second-order valence-electron chi connectivity index (χ2n) is 8.17. The molecule has 1 aromatic heterocycles. The van der Waals surface area contributed by atoms with Gasteiger partial charge in [0, 0.05) is 19.1 Å². The molecular formula is C21H27N3O5. The number of carboxylic acid groups (broad SMARTS) is 1. The standard InChI is InChI=1S/C20H25N3O3.CH2O2/c24-17-10-14-12-23(11-13(14)9-16(17)22-7-3-4-8-22)20(25)19-21-15-5-1-2-6-18(15)26-19;2-1-3/h1-2,5-6,13-14,16-17,24H,3-4,7-12H2;1H,(H,2,3)/t13-,14+,16-,17-;/m1./s1. The number of oxazole rings is 1. The highest BCUT2D eigenvalue weighted by Crippen LogP contribution is 2.39. The Balaban J connectivity index is 0.000000645. The Bertz CT molecular complexity index is 830. The van der Waals surface area contributed by atoms with Gasteiger partial charge in [0.2, 0.25) is 0 Å². The summed E-state index contributed by atoms with van der Waals surface area (Å²) in [5, 5.41) is 17.5. The summed E-state index contributed by atoms with van der Waals surface area (Å²) in [6.45, 7) is 3.40. The van der Waals surface area contributed by atoms with E-state index in [9.17, 15) is 9.90 Å². The number of benzene rings is 1. The number of hydrogen-bond donors (Lipinski definition) is 2. The molecule has 2 aliphatic heterocycles. The summed E-state index contributed by atoms with van der Waals surface area (Å²) in [5.74, 6) is 0.916. The SMILES string of the molecule is O=C(c1nc2ccccc2o1)N1C[C@H]2C[C@@H](N3CCCC3)[C@H](O)C[C@H]2C1.O=CO. The second kappa shape index (κ2) is 8.51. The molecule has 2 N–H and O–H groups in total. The van der Waals surface area contributed by atoms with Crippen molar-refractivity contribution in [3.63, 3.8) is 0 Å². The molecule has 1 saturated carbocycles. The predicted octanol–water partition coefficient (Wildman–Crippen LogP) is 1.84. The molecule has 4 atom stereocenters. The van der Waals surface area contributed by atoms with Crippen LogP contribution in [0.3, 0.4) is 0 Å². The quantitative estimate of drug-likeness (QED) is 0.740. The number of carbonyl (C=O) groups excluding carboxylic acids is 1. The zero-order valence-electron chi connectivity index (χ0n) is 16.3. The van der Waals surface area contributed by atoms with E-state index in [1.165, 1.54) is 12.8 Å². The normalized spacial score (nSPS) is 29.3. The van der Waals surface area contributed by atoms with E-state index in [-0.39, 0.29) is 30.4 Å². The van der Waals surface area contributed by atoms with Crippen LogP contribution in [0.15, 0.2) is 28.7 Å². The van der Waals surface area contributed by atoms with Crippen molar-refractivity contribution < 1.29 is 24.2 Å². The lowest BCUT2D eigenvalue weighted by Crippen LogP contribution is -2.48. The van der Waals surface area contributed by atoms with Crippen LogP contribution < -0.4 is 0 Å². The molecule has 1 aromatic carbocycles. The predicted molar refractivity (Wildman–Crippen MR) is 105 cm³/mol. The molecule has 3 heterocycles. The fourth-order valence-corrected chi connectivity index (χ4v) is 5.14. The van der Waals surface area contributed by atoms with E-state index >= 15 is 0 Å². The molecule has 2 saturated heterocycles. The number of rotatable bonds is 2. The molecule has 8 heteroatoms. The summed E-state index contributed by atoms with van der Waals surface area (Å²) in [6.07, 6.45) is 3.99. The second-order valence-corrected chi connectivity index (χ2v) is 8.17. The van der Waals surface area contributed by atoms with Crippen molar-refractivity contribution in [2.45, 2.75) is 37.8 Å². The third-order valence-corrected chi connectivity index (χ3v) is 6.48. The minimum atomic E-state index is -0.270. The van der Waals surface area contributed by atoms with Crippen LogP contribution in [0.25, 0.3) is 11.1 Å². The molecule has 156 valence electrons. The highest BCUT2D eigenvalue weighted by Gasteiger charge is 2.45. The molecule has 1 amide bonds. The van der Waals surface area contributed by atoms with E-state index in [0.717, 1.165) is 38.0 Å². The van der Waals surface area contributed by atoms with E-state index in [4.69, 9.17) is 14.3 Å². The van der Waals surface area contributed by atoms with E-state index in [0.29, 0.717) is 24.0 Å². The number of amides is 1. The number of carbonyl (C=O) groups is 2. The van der Waals surface area contributed by atoms with Gasteiger partial charge in [0.25, 0.3) is 12.4 Å². The molecule has 1 aliphatic carbocycles. The summed E-state index contributed by atoms with van der Waals surface area (Å²) < 4.78 is 5.66. The first kappa shape index (κ1) is 19.8. The largest absolute Gasteiger partial charge is 0.483 e. The average Bonchev–Trinajstić information content (AvgIpc) is 3.45. The van der Waals surface area contributed by atoms with Crippen molar-refractivity contribution in [3.8, 4) is 0 Å². The van der Waals surface area contributed by atoms with Gasteiger partial charge < -0.3 is 19.5 Å². The van der Waals surface area contributed by atoms with Gasteiger partial charge in [-0.2, -0.15) is 0 Å². The van der Waals surface area contributed by atoms with Crippen LogP contribution in [0.1, 0.15) is 36.4 Å². The van der Waals surface area contributed by atoms with Gasteiger partial charge in [-0.15, -0.1) is 0 Å². The fraction of sp³-hybridized carbons (Fsp3) is 0.571. The summed E-state index contributed by atoms with van der Waals surface area (Å²) in [4.78, 5) is 29.9. The van der Waals surface area contributed by atoms with Crippen molar-refractivity contribution in [1.82, 2.24) is 14.8 Å². The van der Waals surface area contributed by atoms with Gasteiger partial charge in [0.05, 0.1) is 6.10 Å². The maximum absolute atomic E-state index is 12.9. The first-order valence-corrected chi connectivity index (χ1v) is 10.3. The lowest BCUT2D eigenvalue weighted by atomic mass is 9.77. The highest BCUT2D eigenvalue weighted by molar-refractivity contribution is 5.92. The van der Waals surface area contributed by atoms with Gasteiger partial charge in [-0.1, -0.05) is 12.1 Å². The minimum Gasteiger partial charge on any atom is -0.483 e. The van der Waals surface area contributed by atoms with Crippen LogP contribution >= 0.6 is 0 Å². The smallest absolute Gasteiger partial charge is 0.309 e. The van der Waals surface area contributed by atoms with Crippen molar-refractivity contribution in [1.29, 1.82) is 0 Å². The molecule has 3 aliphatic rings. The maximum Gasteiger partial charge on any atom is 0.309 e. The Labute approximate surface area is 169 Å². The number of aliphatic hydroxyl groups excluding tert-OH is 1. The summed E-state index contributed by atoms with van der Waals surface area (Å²) >= 11 is 0. The van der Waals surface area contributed by atoms with Crippen LogP contribution in [0.5, 0.6) is 0 Å². The molecule has 3 fully saturated rings. The summed E-state index contributed by atoms with van der Waals surface area (Å²) in [7, 11) is 0. The Kier molecular flexibility index (Phi) is 5.82. The molecule has 0 bridgehead atoms. The number of nitrogens with zero attached hydrogens (tertiary/aromatic N) is 3. The molecule has 29 heavy (non-hydrogen) atoms. The van der Waals surface area contributed by atoms with E-state index in [1.54, 1.807) is 0 Å². The zero-order chi connectivity index (χ0) is 20.4. The van der Waals surface area contributed by atoms with Gasteiger partial charge in [-0.3, -0.25) is 14.5 Å². The molecule has 0 radical (unpaired) electrons. The number of para-hydroxylation sites is 2. The number of aliphatic hydroxyl groups is 1. The number of likely N-dealkylation sites (tertiary alicyclic amines) is 2. The van der Waals surface area contributed by atoms with Crippen molar-refractivity contribution in [2.75, 3.05) is 26.2 Å². The fourth-order valence-electron chi connectivity index (χ4n) is 5.14. The molecule has 8 nitrogen and oxygen atoms in total. The monoisotopic (exact) mass is 401 g/mol. The third kappa shape index (κ3) is 4.00. The number of aromatic nitrogens is 1. The van der Waals surface area contributed by atoms with Gasteiger partial charge >= 0.3 is 5.91 Å². The first-order valence-electron chi connectivity index (χ1n) is 10.3. The Morgan fingerprint density at radius 2 is 1.79 bits per heavy atom. The molecule has 5 rings (SSSR count). The molecule has 2 aromatic rings. The van der Waals surface area contributed by atoms with Gasteiger partial charge in [0.1, 0.15) is 5.52 Å². The van der Waals surface area contributed by atoms with Gasteiger partial charge in [0.15, 0.2) is 5.58 Å². The Morgan fingerprint density at radius 3 is 2.48 bits per heavy atom. The first-order chi connectivity index (χ1) is 14.1. The van der Waals surface area contributed by atoms with E-state index < -0.39 is 0 Å². The maximum atomic E-state index is 12.9. The van der Waals surface area contributed by atoms with Crippen LogP contribution in [0.2, 0.25) is 0 Å². The van der Waals surface area contributed by atoms with Crippen LogP contribution in [-0.4, -0.2) is 75.7 Å². The van der Waals surface area contributed by atoms with E-state index in [2.05, 4.69) is 9.88 Å². The Morgan fingerprint density at radius 1 is 1.14 bits per heavy atom.